The van der Waals surface area contributed by atoms with E-state index in [0.29, 0.717) is 6.42 Å². The molecule has 0 bridgehead atoms. The van der Waals surface area contributed by atoms with Crippen molar-refractivity contribution < 1.29 is 4.79 Å². The van der Waals surface area contributed by atoms with Crippen molar-refractivity contribution in [3.63, 3.8) is 0 Å². The first-order valence-corrected chi connectivity index (χ1v) is 7.91. The van der Waals surface area contributed by atoms with Crippen LogP contribution in [0.1, 0.15) is 47.2 Å². The van der Waals surface area contributed by atoms with Crippen molar-refractivity contribution in [1.29, 1.82) is 0 Å². The first-order chi connectivity index (χ1) is 10.5. The molecule has 0 spiro atoms. The van der Waals surface area contributed by atoms with Crippen molar-refractivity contribution in [2.45, 2.75) is 46.6 Å². The second-order valence-corrected chi connectivity index (χ2v) is 6.03. The molecule has 116 valence electrons. The maximum Gasteiger partial charge on any atom is 0.224 e. The molecule has 1 amide bonds. The van der Waals surface area contributed by atoms with Crippen molar-refractivity contribution in [3.05, 3.63) is 70.3 Å². The number of carbonyl (C=O) groups is 1. The molecule has 2 heteroatoms. The summed E-state index contributed by atoms with van der Waals surface area (Å²) < 4.78 is 0. The van der Waals surface area contributed by atoms with Gasteiger partial charge < -0.3 is 5.32 Å². The van der Waals surface area contributed by atoms with E-state index < -0.39 is 0 Å². The zero-order valence-electron chi connectivity index (χ0n) is 13.9. The lowest BCUT2D eigenvalue weighted by Crippen LogP contribution is -2.29. The van der Waals surface area contributed by atoms with Crippen molar-refractivity contribution in [2.24, 2.45) is 0 Å². The summed E-state index contributed by atoms with van der Waals surface area (Å²) in [5.74, 6) is 0.0793. The number of aryl methyl sites for hydroxylation is 3. The Balaban J connectivity index is 2.02. The van der Waals surface area contributed by atoms with Crippen LogP contribution >= 0.6 is 0 Å². The van der Waals surface area contributed by atoms with Gasteiger partial charge in [-0.15, -0.1) is 0 Å². The van der Waals surface area contributed by atoms with Crippen LogP contribution in [-0.2, 0) is 11.2 Å². The fourth-order valence-electron chi connectivity index (χ4n) is 2.56. The van der Waals surface area contributed by atoms with Gasteiger partial charge in [0.1, 0.15) is 0 Å². The fraction of sp³-hybridized carbons (Fsp3) is 0.350. The summed E-state index contributed by atoms with van der Waals surface area (Å²) in [4.78, 5) is 12.3. The van der Waals surface area contributed by atoms with E-state index in [4.69, 9.17) is 0 Å². The normalized spacial score (nSPS) is 12.0. The van der Waals surface area contributed by atoms with E-state index >= 15 is 0 Å². The summed E-state index contributed by atoms with van der Waals surface area (Å²) in [5.41, 5.74) is 5.96. The van der Waals surface area contributed by atoms with Crippen LogP contribution in [0.15, 0.2) is 42.5 Å². The summed E-state index contributed by atoms with van der Waals surface area (Å²) in [6, 6.07) is 14.7. The molecule has 0 unspecified atom stereocenters. The van der Waals surface area contributed by atoms with Gasteiger partial charge >= 0.3 is 0 Å². The smallest absolute Gasteiger partial charge is 0.224 e. The number of rotatable bonds is 5. The maximum atomic E-state index is 12.3. The predicted octanol–water partition coefficient (Wildman–Crippen LogP) is 4.42. The minimum absolute atomic E-state index is 0.0793. The molecule has 2 aromatic carbocycles. The van der Waals surface area contributed by atoms with Crippen LogP contribution in [-0.4, -0.2) is 5.91 Å². The standard InChI is InChI=1S/C20H25NO/c1-5-19(18-10-6-14(2)7-11-18)21-20(22)13-17-9-8-15(3)16(4)12-17/h6-12,19H,5,13H2,1-4H3,(H,21,22)/t19-/m0/s1. The molecular weight excluding hydrogens is 270 g/mol. The zero-order chi connectivity index (χ0) is 16.1. The van der Waals surface area contributed by atoms with Gasteiger partial charge in [-0.1, -0.05) is 55.0 Å². The van der Waals surface area contributed by atoms with E-state index in [1.165, 1.54) is 22.3 Å². The van der Waals surface area contributed by atoms with Crippen LogP contribution in [0.4, 0.5) is 0 Å². The molecule has 1 N–H and O–H groups in total. The van der Waals surface area contributed by atoms with Gasteiger partial charge in [0, 0.05) is 0 Å². The number of nitrogens with one attached hydrogen (secondary N) is 1. The quantitative estimate of drug-likeness (QED) is 0.869. The van der Waals surface area contributed by atoms with E-state index in [9.17, 15) is 4.79 Å². The van der Waals surface area contributed by atoms with E-state index in [-0.39, 0.29) is 11.9 Å². The Hall–Kier alpha value is -2.09. The average Bonchev–Trinajstić information content (AvgIpc) is 2.49. The molecule has 0 aromatic heterocycles. The molecule has 0 radical (unpaired) electrons. The molecule has 0 fully saturated rings. The third-order valence-corrected chi connectivity index (χ3v) is 4.16. The summed E-state index contributed by atoms with van der Waals surface area (Å²) in [6.45, 7) is 8.34. The van der Waals surface area contributed by atoms with Crippen LogP contribution in [0.25, 0.3) is 0 Å². The summed E-state index contributed by atoms with van der Waals surface area (Å²) in [7, 11) is 0. The highest BCUT2D eigenvalue weighted by atomic mass is 16.1. The lowest BCUT2D eigenvalue weighted by molar-refractivity contribution is -0.121. The number of hydrogen-bond donors (Lipinski definition) is 1. The molecular formula is C20H25NO. The van der Waals surface area contributed by atoms with Gasteiger partial charge in [0.2, 0.25) is 5.91 Å². The lowest BCUT2D eigenvalue weighted by atomic mass is 10.0. The Morgan fingerprint density at radius 1 is 1.00 bits per heavy atom. The number of benzene rings is 2. The van der Waals surface area contributed by atoms with Gasteiger partial charge in [0.15, 0.2) is 0 Å². The number of carbonyl (C=O) groups excluding carboxylic acids is 1. The van der Waals surface area contributed by atoms with Crippen molar-refractivity contribution in [2.75, 3.05) is 0 Å². The number of hydrogen-bond acceptors (Lipinski definition) is 1. The number of amides is 1. The summed E-state index contributed by atoms with van der Waals surface area (Å²) >= 11 is 0. The second kappa shape index (κ2) is 7.26. The van der Waals surface area contributed by atoms with E-state index in [0.717, 1.165) is 12.0 Å². The van der Waals surface area contributed by atoms with E-state index in [1.54, 1.807) is 0 Å². The van der Waals surface area contributed by atoms with Gasteiger partial charge in [-0.2, -0.15) is 0 Å². The van der Waals surface area contributed by atoms with Crippen molar-refractivity contribution in [1.82, 2.24) is 5.32 Å². The highest BCUT2D eigenvalue weighted by molar-refractivity contribution is 5.79. The first-order valence-electron chi connectivity index (χ1n) is 7.91. The molecule has 0 saturated carbocycles. The summed E-state index contributed by atoms with van der Waals surface area (Å²) in [5, 5.41) is 3.15. The van der Waals surface area contributed by atoms with Crippen LogP contribution in [0.5, 0.6) is 0 Å². The molecule has 0 aliphatic rings. The third-order valence-electron chi connectivity index (χ3n) is 4.16. The monoisotopic (exact) mass is 295 g/mol. The van der Waals surface area contributed by atoms with E-state index in [1.807, 2.05) is 6.07 Å². The Labute approximate surface area is 133 Å². The van der Waals surface area contributed by atoms with Crippen molar-refractivity contribution >= 4 is 5.91 Å². The first kappa shape index (κ1) is 16.3. The van der Waals surface area contributed by atoms with Crippen LogP contribution < -0.4 is 5.32 Å². The Bertz CT molecular complexity index is 643. The van der Waals surface area contributed by atoms with Crippen molar-refractivity contribution in [3.8, 4) is 0 Å². The van der Waals surface area contributed by atoms with Gasteiger partial charge in [-0.05, 0) is 49.4 Å². The minimum Gasteiger partial charge on any atom is -0.349 e. The fourth-order valence-corrected chi connectivity index (χ4v) is 2.56. The van der Waals surface area contributed by atoms with E-state index in [2.05, 4.69) is 69.4 Å². The highest BCUT2D eigenvalue weighted by Gasteiger charge is 2.13. The highest BCUT2D eigenvalue weighted by Crippen LogP contribution is 2.18. The summed E-state index contributed by atoms with van der Waals surface area (Å²) in [6.07, 6.45) is 1.32. The van der Waals surface area contributed by atoms with Gasteiger partial charge in [-0.25, -0.2) is 0 Å². The molecule has 1 atom stereocenters. The Kier molecular flexibility index (Phi) is 5.37. The third kappa shape index (κ3) is 4.20. The van der Waals surface area contributed by atoms with Crippen LogP contribution in [0, 0.1) is 20.8 Å². The van der Waals surface area contributed by atoms with Crippen LogP contribution in [0.2, 0.25) is 0 Å². The maximum absolute atomic E-state index is 12.3. The molecule has 22 heavy (non-hydrogen) atoms. The average molecular weight is 295 g/mol. The molecule has 0 heterocycles. The Morgan fingerprint density at radius 3 is 2.27 bits per heavy atom. The Morgan fingerprint density at radius 2 is 1.68 bits per heavy atom. The molecule has 0 saturated heterocycles. The molecule has 0 aliphatic heterocycles. The van der Waals surface area contributed by atoms with Gasteiger partial charge in [0.05, 0.1) is 12.5 Å². The zero-order valence-corrected chi connectivity index (χ0v) is 13.9. The van der Waals surface area contributed by atoms with Gasteiger partial charge in [-0.3, -0.25) is 4.79 Å². The predicted molar refractivity (Wildman–Crippen MR) is 92.0 cm³/mol. The minimum atomic E-state index is 0.0793. The largest absolute Gasteiger partial charge is 0.349 e. The molecule has 0 aliphatic carbocycles. The van der Waals surface area contributed by atoms with Gasteiger partial charge in [0.25, 0.3) is 0 Å². The lowest BCUT2D eigenvalue weighted by Gasteiger charge is -2.18. The SMILES string of the molecule is CC[C@H](NC(=O)Cc1ccc(C)c(C)c1)c1ccc(C)cc1. The second-order valence-electron chi connectivity index (χ2n) is 6.03. The molecule has 2 nitrogen and oxygen atoms in total. The van der Waals surface area contributed by atoms with Crippen LogP contribution in [0.3, 0.4) is 0 Å². The topological polar surface area (TPSA) is 29.1 Å². The molecule has 2 aromatic rings. The molecule has 2 rings (SSSR count).